The van der Waals surface area contributed by atoms with E-state index in [0.717, 1.165) is 6.54 Å². The normalized spacial score (nSPS) is 27.9. The molecule has 0 aromatic carbocycles. The molecule has 1 unspecified atom stereocenters. The van der Waals surface area contributed by atoms with Crippen LogP contribution in [0.2, 0.25) is 0 Å². The summed E-state index contributed by atoms with van der Waals surface area (Å²) >= 11 is 0. The van der Waals surface area contributed by atoms with Crippen LogP contribution in [-0.2, 0) is 14.8 Å². The van der Waals surface area contributed by atoms with Crippen molar-refractivity contribution in [1.29, 1.82) is 0 Å². The maximum absolute atomic E-state index is 11.4. The third-order valence-electron chi connectivity index (χ3n) is 2.37. The molecule has 1 aliphatic heterocycles. The Morgan fingerprint density at radius 3 is 2.80 bits per heavy atom. The van der Waals surface area contributed by atoms with Crippen molar-refractivity contribution in [2.45, 2.75) is 25.9 Å². The van der Waals surface area contributed by atoms with Crippen LogP contribution in [0.3, 0.4) is 0 Å². The van der Waals surface area contributed by atoms with Crippen LogP contribution in [0.1, 0.15) is 20.3 Å². The van der Waals surface area contributed by atoms with Gasteiger partial charge in [-0.25, -0.2) is 13.1 Å². The van der Waals surface area contributed by atoms with Crippen molar-refractivity contribution in [3.8, 4) is 0 Å². The third-order valence-corrected chi connectivity index (χ3v) is 3.90. The lowest BCUT2D eigenvalue weighted by atomic mass is 10.1. The maximum Gasteiger partial charge on any atom is 0.211 e. The lowest BCUT2D eigenvalue weighted by Crippen LogP contribution is -2.54. The first-order valence-electron chi connectivity index (χ1n) is 5.29. The molecule has 1 fully saturated rings. The SMILES string of the molecule is CCCS(=O)(=O)NCC1(C)CNCCO1. The smallest absolute Gasteiger partial charge is 0.211 e. The molecule has 5 nitrogen and oxygen atoms in total. The van der Waals surface area contributed by atoms with Gasteiger partial charge in [0.05, 0.1) is 18.0 Å². The third kappa shape index (κ3) is 4.46. The molecule has 1 rings (SSSR count). The van der Waals surface area contributed by atoms with Gasteiger partial charge in [0, 0.05) is 19.6 Å². The number of morpholine rings is 1. The van der Waals surface area contributed by atoms with Crippen LogP contribution < -0.4 is 10.0 Å². The zero-order valence-corrected chi connectivity index (χ0v) is 10.2. The van der Waals surface area contributed by atoms with Gasteiger partial charge in [-0.1, -0.05) is 6.92 Å². The highest BCUT2D eigenvalue weighted by atomic mass is 32.2. The molecule has 90 valence electrons. The van der Waals surface area contributed by atoms with Crippen molar-refractivity contribution in [2.24, 2.45) is 0 Å². The molecule has 0 radical (unpaired) electrons. The average molecular weight is 236 g/mol. The average Bonchev–Trinajstić information content (AvgIpc) is 2.17. The largest absolute Gasteiger partial charge is 0.371 e. The fourth-order valence-electron chi connectivity index (χ4n) is 1.49. The zero-order valence-electron chi connectivity index (χ0n) is 9.38. The predicted octanol–water partition coefficient (Wildman–Crippen LogP) is -0.306. The topological polar surface area (TPSA) is 67.4 Å². The highest BCUT2D eigenvalue weighted by Gasteiger charge is 2.29. The van der Waals surface area contributed by atoms with Gasteiger partial charge in [0.15, 0.2) is 0 Å². The van der Waals surface area contributed by atoms with Gasteiger partial charge in [0.2, 0.25) is 10.0 Å². The van der Waals surface area contributed by atoms with Crippen molar-refractivity contribution < 1.29 is 13.2 Å². The quantitative estimate of drug-likeness (QED) is 0.687. The van der Waals surface area contributed by atoms with Crippen molar-refractivity contribution in [1.82, 2.24) is 10.0 Å². The summed E-state index contributed by atoms with van der Waals surface area (Å²) in [5.74, 6) is 0.177. The second-order valence-electron chi connectivity index (χ2n) is 4.12. The Morgan fingerprint density at radius 1 is 1.53 bits per heavy atom. The molecular formula is C9H20N2O3S. The van der Waals surface area contributed by atoms with Crippen LogP contribution in [0.25, 0.3) is 0 Å². The summed E-state index contributed by atoms with van der Waals surface area (Å²) in [5.41, 5.74) is -0.418. The van der Waals surface area contributed by atoms with Crippen molar-refractivity contribution in [2.75, 3.05) is 32.0 Å². The molecule has 0 aromatic heterocycles. The Balaban J connectivity index is 2.41. The van der Waals surface area contributed by atoms with Crippen LogP contribution in [-0.4, -0.2) is 46.0 Å². The van der Waals surface area contributed by atoms with E-state index in [4.69, 9.17) is 4.74 Å². The second-order valence-corrected chi connectivity index (χ2v) is 6.04. The summed E-state index contributed by atoms with van der Waals surface area (Å²) in [7, 11) is -3.13. The summed E-state index contributed by atoms with van der Waals surface area (Å²) in [6.07, 6.45) is 0.630. The molecule has 1 saturated heterocycles. The molecule has 0 amide bonds. The number of hydrogen-bond acceptors (Lipinski definition) is 4. The van der Waals surface area contributed by atoms with E-state index in [1.54, 1.807) is 0 Å². The fraction of sp³-hybridized carbons (Fsp3) is 1.00. The van der Waals surface area contributed by atoms with E-state index in [0.29, 0.717) is 26.1 Å². The first-order valence-corrected chi connectivity index (χ1v) is 6.95. The van der Waals surface area contributed by atoms with Crippen molar-refractivity contribution in [3.63, 3.8) is 0 Å². The van der Waals surface area contributed by atoms with Crippen molar-refractivity contribution >= 4 is 10.0 Å². The molecule has 1 atom stereocenters. The molecular weight excluding hydrogens is 216 g/mol. The van der Waals surface area contributed by atoms with Crippen LogP contribution >= 0.6 is 0 Å². The molecule has 15 heavy (non-hydrogen) atoms. The van der Waals surface area contributed by atoms with E-state index in [2.05, 4.69) is 10.0 Å². The summed E-state index contributed by atoms with van der Waals surface area (Å²) in [6.45, 7) is 6.24. The molecule has 2 N–H and O–H groups in total. The zero-order chi connectivity index (χ0) is 11.4. The Bertz CT molecular complexity index is 284. The lowest BCUT2D eigenvalue weighted by Gasteiger charge is -2.34. The van der Waals surface area contributed by atoms with E-state index in [1.165, 1.54) is 0 Å². The summed E-state index contributed by atoms with van der Waals surface area (Å²) in [6, 6.07) is 0. The van der Waals surface area contributed by atoms with E-state index in [1.807, 2.05) is 13.8 Å². The van der Waals surface area contributed by atoms with Gasteiger partial charge in [-0.05, 0) is 13.3 Å². The van der Waals surface area contributed by atoms with Crippen LogP contribution in [0.5, 0.6) is 0 Å². The van der Waals surface area contributed by atoms with Crippen LogP contribution in [0.4, 0.5) is 0 Å². The minimum atomic E-state index is -3.13. The summed E-state index contributed by atoms with van der Waals surface area (Å²) in [5, 5.41) is 3.18. The lowest BCUT2D eigenvalue weighted by molar-refractivity contribution is -0.0475. The standard InChI is InChI=1S/C9H20N2O3S/c1-3-6-15(12,13)11-8-9(2)7-10-4-5-14-9/h10-11H,3-8H2,1-2H3. The highest BCUT2D eigenvalue weighted by Crippen LogP contribution is 2.11. The first kappa shape index (κ1) is 12.9. The summed E-state index contributed by atoms with van der Waals surface area (Å²) < 4.78 is 31.0. The van der Waals surface area contributed by atoms with E-state index < -0.39 is 15.6 Å². The Morgan fingerprint density at radius 2 is 2.27 bits per heavy atom. The van der Waals surface area contributed by atoms with Gasteiger partial charge in [0.1, 0.15) is 0 Å². The minimum absolute atomic E-state index is 0.177. The highest BCUT2D eigenvalue weighted by molar-refractivity contribution is 7.89. The number of nitrogens with one attached hydrogen (secondary N) is 2. The first-order chi connectivity index (χ1) is 6.97. The molecule has 0 spiro atoms. The number of rotatable bonds is 5. The molecule has 0 bridgehead atoms. The van der Waals surface area contributed by atoms with Gasteiger partial charge in [0.25, 0.3) is 0 Å². The summed E-state index contributed by atoms with van der Waals surface area (Å²) in [4.78, 5) is 0. The minimum Gasteiger partial charge on any atom is -0.371 e. The number of ether oxygens (including phenoxy) is 1. The fourth-order valence-corrected chi connectivity index (χ4v) is 2.70. The molecule has 0 aromatic rings. The molecule has 1 aliphatic rings. The van der Waals surface area contributed by atoms with Crippen LogP contribution in [0, 0.1) is 0 Å². The number of sulfonamides is 1. The number of hydrogen-bond donors (Lipinski definition) is 2. The Hall–Kier alpha value is -0.170. The monoisotopic (exact) mass is 236 g/mol. The van der Waals surface area contributed by atoms with E-state index >= 15 is 0 Å². The van der Waals surface area contributed by atoms with Gasteiger partial charge >= 0.3 is 0 Å². The molecule has 0 aliphatic carbocycles. The van der Waals surface area contributed by atoms with Gasteiger partial charge in [-0.15, -0.1) is 0 Å². The van der Waals surface area contributed by atoms with E-state index in [-0.39, 0.29) is 5.75 Å². The second kappa shape index (κ2) is 5.25. The van der Waals surface area contributed by atoms with Crippen LogP contribution in [0.15, 0.2) is 0 Å². The maximum atomic E-state index is 11.4. The Kier molecular flexibility index (Phi) is 4.51. The predicted molar refractivity (Wildman–Crippen MR) is 59.3 cm³/mol. The van der Waals surface area contributed by atoms with E-state index in [9.17, 15) is 8.42 Å². The molecule has 0 saturated carbocycles. The van der Waals surface area contributed by atoms with Crippen molar-refractivity contribution in [3.05, 3.63) is 0 Å². The Labute approximate surface area is 91.6 Å². The van der Waals surface area contributed by atoms with Gasteiger partial charge < -0.3 is 10.1 Å². The van der Waals surface area contributed by atoms with Gasteiger partial charge in [-0.3, -0.25) is 0 Å². The molecule has 1 heterocycles. The van der Waals surface area contributed by atoms with Gasteiger partial charge in [-0.2, -0.15) is 0 Å². The molecule has 6 heteroatoms.